The van der Waals surface area contributed by atoms with Crippen molar-refractivity contribution in [1.29, 1.82) is 0 Å². The van der Waals surface area contributed by atoms with Crippen molar-refractivity contribution in [3.05, 3.63) is 0 Å². The molecule has 1 heterocycles. The Bertz CT molecular complexity index is 309. The Kier molecular flexibility index (Phi) is 3.41. The minimum absolute atomic E-state index is 0.0134. The SMILES string of the molecule is CCC(C)(C)OC(=O)/N=C1\CONC1=O. The molecule has 15 heavy (non-hydrogen) atoms. The summed E-state index contributed by atoms with van der Waals surface area (Å²) >= 11 is 0. The lowest BCUT2D eigenvalue weighted by molar-refractivity contribution is -0.121. The van der Waals surface area contributed by atoms with E-state index in [-0.39, 0.29) is 12.3 Å². The predicted molar refractivity (Wildman–Crippen MR) is 52.4 cm³/mol. The number of hydrogen-bond donors (Lipinski definition) is 1. The van der Waals surface area contributed by atoms with Gasteiger partial charge in [-0.15, -0.1) is 0 Å². The molecule has 0 spiro atoms. The number of carbonyl (C=O) groups excluding carboxylic acids is 2. The molecule has 0 radical (unpaired) electrons. The van der Waals surface area contributed by atoms with Crippen molar-refractivity contribution >= 4 is 17.7 Å². The fourth-order valence-electron chi connectivity index (χ4n) is 0.819. The van der Waals surface area contributed by atoms with Crippen LogP contribution in [0.1, 0.15) is 27.2 Å². The normalized spacial score (nSPS) is 19.1. The first-order valence-electron chi connectivity index (χ1n) is 4.67. The number of ether oxygens (including phenoxy) is 1. The minimum Gasteiger partial charge on any atom is -0.442 e. The smallest absolute Gasteiger partial charge is 0.434 e. The van der Waals surface area contributed by atoms with Crippen LogP contribution in [0.2, 0.25) is 0 Å². The van der Waals surface area contributed by atoms with Crippen LogP contribution in [0.4, 0.5) is 4.79 Å². The van der Waals surface area contributed by atoms with E-state index in [1.807, 2.05) is 6.92 Å². The molecule has 6 nitrogen and oxygen atoms in total. The van der Waals surface area contributed by atoms with Crippen molar-refractivity contribution in [2.75, 3.05) is 6.61 Å². The van der Waals surface area contributed by atoms with Crippen LogP contribution in [0.5, 0.6) is 0 Å². The van der Waals surface area contributed by atoms with E-state index >= 15 is 0 Å². The van der Waals surface area contributed by atoms with E-state index in [2.05, 4.69) is 15.3 Å². The Balaban J connectivity index is 2.59. The Morgan fingerprint density at radius 2 is 2.33 bits per heavy atom. The fourth-order valence-corrected chi connectivity index (χ4v) is 0.819. The standard InChI is InChI=1S/C9H14N2O4/c1-4-9(2,3)15-8(13)10-6-5-14-11-7(6)12/h4-5H2,1-3H3,(H,11,12)/b10-6+. The summed E-state index contributed by atoms with van der Waals surface area (Å²) in [6, 6.07) is 0. The van der Waals surface area contributed by atoms with E-state index < -0.39 is 17.6 Å². The third-order valence-electron chi connectivity index (χ3n) is 2.08. The van der Waals surface area contributed by atoms with E-state index in [4.69, 9.17) is 4.74 Å². The van der Waals surface area contributed by atoms with Crippen molar-refractivity contribution in [3.63, 3.8) is 0 Å². The van der Waals surface area contributed by atoms with Gasteiger partial charge in [0.25, 0.3) is 5.91 Å². The van der Waals surface area contributed by atoms with Gasteiger partial charge in [-0.1, -0.05) is 6.92 Å². The minimum atomic E-state index is -0.766. The summed E-state index contributed by atoms with van der Waals surface area (Å²) in [6.45, 7) is 5.43. The van der Waals surface area contributed by atoms with E-state index in [9.17, 15) is 9.59 Å². The highest BCUT2D eigenvalue weighted by atomic mass is 16.7. The maximum Gasteiger partial charge on any atom is 0.434 e. The zero-order valence-corrected chi connectivity index (χ0v) is 8.99. The molecule has 0 aromatic carbocycles. The number of amides is 2. The van der Waals surface area contributed by atoms with Crippen LogP contribution >= 0.6 is 0 Å². The van der Waals surface area contributed by atoms with Gasteiger partial charge in [0.15, 0.2) is 0 Å². The maximum atomic E-state index is 11.3. The second kappa shape index (κ2) is 4.39. The largest absolute Gasteiger partial charge is 0.442 e. The van der Waals surface area contributed by atoms with Crippen molar-refractivity contribution in [1.82, 2.24) is 5.48 Å². The molecule has 1 rings (SSSR count). The molecule has 2 amide bonds. The third-order valence-corrected chi connectivity index (χ3v) is 2.08. The summed E-state index contributed by atoms with van der Waals surface area (Å²) in [5, 5.41) is 0. The summed E-state index contributed by atoms with van der Waals surface area (Å²) in [6.07, 6.45) is -0.0933. The summed E-state index contributed by atoms with van der Waals surface area (Å²) < 4.78 is 5.04. The number of aliphatic imine (C=N–C) groups is 1. The molecule has 0 aromatic heterocycles. The van der Waals surface area contributed by atoms with Crippen molar-refractivity contribution in [3.8, 4) is 0 Å². The second-order valence-corrected chi connectivity index (χ2v) is 3.76. The Hall–Kier alpha value is -1.43. The quantitative estimate of drug-likeness (QED) is 0.738. The van der Waals surface area contributed by atoms with Gasteiger partial charge in [0, 0.05) is 0 Å². The molecule has 1 aliphatic rings. The molecule has 6 heteroatoms. The molecule has 0 aromatic rings. The van der Waals surface area contributed by atoms with Crippen molar-refractivity contribution in [2.45, 2.75) is 32.8 Å². The first-order chi connectivity index (χ1) is 6.94. The van der Waals surface area contributed by atoms with Gasteiger partial charge in [0.05, 0.1) is 0 Å². The van der Waals surface area contributed by atoms with Crippen LogP contribution in [0.25, 0.3) is 0 Å². The Labute approximate surface area is 87.6 Å². The molecule has 0 unspecified atom stereocenters. The van der Waals surface area contributed by atoms with E-state index in [1.165, 1.54) is 0 Å². The molecular weight excluding hydrogens is 200 g/mol. The summed E-state index contributed by atoms with van der Waals surface area (Å²) in [5.41, 5.74) is 1.54. The van der Waals surface area contributed by atoms with Crippen LogP contribution < -0.4 is 5.48 Å². The molecule has 1 aliphatic heterocycles. The number of hydroxylamine groups is 1. The van der Waals surface area contributed by atoms with E-state index in [0.29, 0.717) is 6.42 Å². The monoisotopic (exact) mass is 214 g/mol. The fraction of sp³-hybridized carbons (Fsp3) is 0.667. The van der Waals surface area contributed by atoms with Crippen LogP contribution in [0, 0.1) is 0 Å². The predicted octanol–water partition coefficient (Wildman–Crippen LogP) is 0.814. The summed E-state index contributed by atoms with van der Waals surface area (Å²) in [4.78, 5) is 30.3. The first-order valence-corrected chi connectivity index (χ1v) is 4.67. The summed E-state index contributed by atoms with van der Waals surface area (Å²) in [5.74, 6) is -0.499. The van der Waals surface area contributed by atoms with Gasteiger partial charge in [-0.3, -0.25) is 9.63 Å². The van der Waals surface area contributed by atoms with E-state index in [0.717, 1.165) is 0 Å². The number of hydrogen-bond acceptors (Lipinski definition) is 4. The van der Waals surface area contributed by atoms with Crippen LogP contribution in [0.15, 0.2) is 4.99 Å². The highest BCUT2D eigenvalue weighted by molar-refractivity contribution is 6.41. The zero-order valence-electron chi connectivity index (χ0n) is 8.99. The molecule has 0 aliphatic carbocycles. The molecule has 1 saturated heterocycles. The Morgan fingerprint density at radius 3 is 2.80 bits per heavy atom. The van der Waals surface area contributed by atoms with Crippen molar-refractivity contribution < 1.29 is 19.2 Å². The summed E-state index contributed by atoms with van der Waals surface area (Å²) in [7, 11) is 0. The van der Waals surface area contributed by atoms with Crippen LogP contribution in [-0.4, -0.2) is 29.9 Å². The second-order valence-electron chi connectivity index (χ2n) is 3.76. The number of nitrogens with zero attached hydrogens (tertiary/aromatic N) is 1. The highest BCUT2D eigenvalue weighted by Crippen LogP contribution is 2.14. The molecular formula is C9H14N2O4. The lowest BCUT2D eigenvalue weighted by Crippen LogP contribution is -2.27. The maximum absolute atomic E-state index is 11.3. The zero-order chi connectivity index (χ0) is 11.5. The van der Waals surface area contributed by atoms with Gasteiger partial charge >= 0.3 is 6.09 Å². The van der Waals surface area contributed by atoms with Gasteiger partial charge in [0.1, 0.15) is 17.9 Å². The van der Waals surface area contributed by atoms with Gasteiger partial charge in [-0.25, -0.2) is 10.3 Å². The number of rotatable bonds is 2. The lowest BCUT2D eigenvalue weighted by Gasteiger charge is -2.21. The van der Waals surface area contributed by atoms with Gasteiger partial charge in [-0.2, -0.15) is 4.99 Å². The molecule has 1 fully saturated rings. The molecule has 0 saturated carbocycles. The average molecular weight is 214 g/mol. The first kappa shape index (κ1) is 11.6. The molecule has 0 bridgehead atoms. The molecule has 84 valence electrons. The number of carbonyl (C=O) groups is 2. The van der Waals surface area contributed by atoms with E-state index in [1.54, 1.807) is 13.8 Å². The Morgan fingerprint density at radius 1 is 1.67 bits per heavy atom. The van der Waals surface area contributed by atoms with Gasteiger partial charge in [0.2, 0.25) is 0 Å². The highest BCUT2D eigenvalue weighted by Gasteiger charge is 2.24. The lowest BCUT2D eigenvalue weighted by atomic mass is 10.1. The van der Waals surface area contributed by atoms with Gasteiger partial charge < -0.3 is 4.74 Å². The third kappa shape index (κ3) is 3.32. The van der Waals surface area contributed by atoms with Gasteiger partial charge in [-0.05, 0) is 20.3 Å². The number of nitrogens with one attached hydrogen (secondary N) is 1. The molecule has 1 N–H and O–H groups in total. The molecule has 0 atom stereocenters. The van der Waals surface area contributed by atoms with Crippen molar-refractivity contribution in [2.24, 2.45) is 4.99 Å². The average Bonchev–Trinajstić information content (AvgIpc) is 2.51. The van der Waals surface area contributed by atoms with Crippen LogP contribution in [0.3, 0.4) is 0 Å². The van der Waals surface area contributed by atoms with Crippen LogP contribution in [-0.2, 0) is 14.4 Å². The topological polar surface area (TPSA) is 77.0 Å².